The largest absolute Gasteiger partial charge is 0.481 e. The zero-order valence-corrected chi connectivity index (χ0v) is 6.06. The van der Waals surface area contributed by atoms with Gasteiger partial charge in [-0.1, -0.05) is 0 Å². The minimum Gasteiger partial charge on any atom is -0.481 e. The van der Waals surface area contributed by atoms with E-state index in [0.29, 0.717) is 12.0 Å². The van der Waals surface area contributed by atoms with Crippen LogP contribution in [0.4, 0.5) is 0 Å². The van der Waals surface area contributed by atoms with Crippen LogP contribution in [0.25, 0.3) is 0 Å². The van der Waals surface area contributed by atoms with E-state index in [4.69, 9.17) is 9.84 Å². The van der Waals surface area contributed by atoms with E-state index in [9.17, 15) is 4.79 Å². The van der Waals surface area contributed by atoms with Gasteiger partial charge in [0.05, 0.1) is 18.1 Å². The van der Waals surface area contributed by atoms with Gasteiger partial charge in [-0.15, -0.1) is 0 Å². The van der Waals surface area contributed by atoms with E-state index >= 15 is 0 Å². The molecule has 1 aliphatic carbocycles. The first kappa shape index (κ1) is 6.00. The summed E-state index contributed by atoms with van der Waals surface area (Å²) >= 11 is 0. The molecule has 2 heterocycles. The predicted molar refractivity (Wildman–Crippen MR) is 36.0 cm³/mol. The zero-order chi connectivity index (χ0) is 7.59. The molecule has 3 heteroatoms. The summed E-state index contributed by atoms with van der Waals surface area (Å²) in [5.74, 6) is 0.483. The number of ether oxygens (including phenoxy) is 1. The van der Waals surface area contributed by atoms with Crippen molar-refractivity contribution in [3.05, 3.63) is 0 Å². The molecule has 0 aromatic rings. The van der Waals surface area contributed by atoms with Crippen LogP contribution in [-0.2, 0) is 9.53 Å². The van der Waals surface area contributed by atoms with Gasteiger partial charge in [0.15, 0.2) is 0 Å². The standard InChI is InChI=1S/C8H10O3/c9-8(10)5-2-6-3-1-4(3)7(5)11-6/h3-7H,1-2H2,(H,9,10)/t3-,4+,5+,6+,7-/m0/s1. The smallest absolute Gasteiger partial charge is 0.309 e. The van der Waals surface area contributed by atoms with Crippen LogP contribution in [0.1, 0.15) is 12.8 Å². The van der Waals surface area contributed by atoms with E-state index < -0.39 is 5.97 Å². The van der Waals surface area contributed by atoms with E-state index in [1.165, 1.54) is 6.42 Å². The van der Waals surface area contributed by atoms with Gasteiger partial charge in [0.25, 0.3) is 0 Å². The lowest BCUT2D eigenvalue weighted by molar-refractivity contribution is -0.143. The normalized spacial score (nSPS) is 57.6. The number of fused-ring (bicyclic) bond motifs is 5. The molecule has 0 unspecified atom stereocenters. The third kappa shape index (κ3) is 0.601. The predicted octanol–water partition coefficient (Wildman–Crippen LogP) is 0.494. The SMILES string of the molecule is O=C(O)[C@@H]1C[C@H]2O[C@H]1[C@@H]1C[C@@H]12. The van der Waals surface area contributed by atoms with Crippen LogP contribution in [0.15, 0.2) is 0 Å². The summed E-state index contributed by atoms with van der Waals surface area (Å²) in [6.07, 6.45) is 2.36. The Morgan fingerprint density at radius 1 is 1.36 bits per heavy atom. The second kappa shape index (κ2) is 1.61. The summed E-state index contributed by atoms with van der Waals surface area (Å²) in [6.45, 7) is 0. The fourth-order valence-corrected chi connectivity index (χ4v) is 2.69. The fourth-order valence-electron chi connectivity index (χ4n) is 2.69. The number of carboxylic acid groups (broad SMARTS) is 1. The van der Waals surface area contributed by atoms with Crippen LogP contribution in [0, 0.1) is 17.8 Å². The van der Waals surface area contributed by atoms with Gasteiger partial charge in [0, 0.05) is 0 Å². The molecule has 60 valence electrons. The summed E-state index contributed by atoms with van der Waals surface area (Å²) < 4.78 is 5.53. The van der Waals surface area contributed by atoms with Gasteiger partial charge >= 0.3 is 5.97 Å². The van der Waals surface area contributed by atoms with Crippen LogP contribution in [0.5, 0.6) is 0 Å². The Morgan fingerprint density at radius 2 is 2.18 bits per heavy atom. The van der Waals surface area contributed by atoms with E-state index in [1.807, 2.05) is 0 Å². The molecule has 2 bridgehead atoms. The van der Waals surface area contributed by atoms with Crippen molar-refractivity contribution < 1.29 is 14.6 Å². The second-order valence-electron chi connectivity index (χ2n) is 3.88. The summed E-state index contributed by atoms with van der Waals surface area (Å²) in [6, 6.07) is 0. The molecule has 11 heavy (non-hydrogen) atoms. The molecule has 0 radical (unpaired) electrons. The van der Waals surface area contributed by atoms with Crippen LogP contribution in [0.2, 0.25) is 0 Å². The van der Waals surface area contributed by atoms with Crippen LogP contribution in [-0.4, -0.2) is 23.3 Å². The number of hydrogen-bond donors (Lipinski definition) is 1. The van der Waals surface area contributed by atoms with E-state index in [2.05, 4.69) is 0 Å². The summed E-state index contributed by atoms with van der Waals surface area (Å²) in [5, 5.41) is 8.79. The molecule has 1 N–H and O–H groups in total. The van der Waals surface area contributed by atoms with Crippen molar-refractivity contribution in [2.24, 2.45) is 17.8 Å². The first-order valence-corrected chi connectivity index (χ1v) is 4.15. The molecule has 0 amide bonds. The molecule has 0 aromatic carbocycles. The van der Waals surface area contributed by atoms with Crippen LogP contribution in [0.3, 0.4) is 0 Å². The monoisotopic (exact) mass is 154 g/mol. The van der Waals surface area contributed by atoms with Crippen molar-refractivity contribution in [1.82, 2.24) is 0 Å². The Labute approximate surface area is 64.3 Å². The first-order chi connectivity index (χ1) is 5.27. The molecule has 5 atom stereocenters. The average Bonchev–Trinajstić information content (AvgIpc) is 2.57. The van der Waals surface area contributed by atoms with Gasteiger partial charge in [-0.05, 0) is 24.7 Å². The van der Waals surface area contributed by atoms with E-state index in [0.717, 1.165) is 12.3 Å². The molecular formula is C8H10O3. The Bertz CT molecular complexity index is 225. The maximum absolute atomic E-state index is 10.7. The molecule has 3 aliphatic rings. The maximum atomic E-state index is 10.7. The van der Waals surface area contributed by atoms with E-state index in [1.54, 1.807) is 0 Å². The van der Waals surface area contributed by atoms with Gasteiger partial charge in [-0.3, -0.25) is 4.79 Å². The zero-order valence-electron chi connectivity index (χ0n) is 6.06. The van der Waals surface area contributed by atoms with Gasteiger partial charge < -0.3 is 9.84 Å². The molecule has 3 fully saturated rings. The number of carbonyl (C=O) groups is 1. The summed E-state index contributed by atoms with van der Waals surface area (Å²) in [7, 11) is 0. The van der Waals surface area contributed by atoms with Crippen molar-refractivity contribution in [3.8, 4) is 0 Å². The number of aliphatic carboxylic acids is 1. The van der Waals surface area contributed by atoms with Crippen molar-refractivity contribution in [1.29, 1.82) is 0 Å². The number of rotatable bonds is 1. The summed E-state index contributed by atoms with van der Waals surface area (Å²) in [4.78, 5) is 10.7. The number of carboxylic acids is 1. The van der Waals surface area contributed by atoms with Crippen LogP contribution >= 0.6 is 0 Å². The summed E-state index contributed by atoms with van der Waals surface area (Å²) in [5.41, 5.74) is 0. The molecule has 2 saturated heterocycles. The molecule has 3 rings (SSSR count). The van der Waals surface area contributed by atoms with Crippen molar-refractivity contribution >= 4 is 5.97 Å². The Kier molecular flexibility index (Phi) is 0.876. The number of hydrogen-bond acceptors (Lipinski definition) is 2. The molecule has 0 aromatic heterocycles. The third-order valence-electron chi connectivity index (χ3n) is 3.32. The van der Waals surface area contributed by atoms with Crippen LogP contribution < -0.4 is 0 Å². The Balaban J connectivity index is 1.87. The molecular weight excluding hydrogens is 144 g/mol. The van der Waals surface area contributed by atoms with Crippen molar-refractivity contribution in [3.63, 3.8) is 0 Å². The molecule has 1 saturated carbocycles. The van der Waals surface area contributed by atoms with Gasteiger partial charge in [-0.25, -0.2) is 0 Å². The lowest BCUT2D eigenvalue weighted by Crippen LogP contribution is -2.26. The van der Waals surface area contributed by atoms with Crippen molar-refractivity contribution in [2.75, 3.05) is 0 Å². The Morgan fingerprint density at radius 3 is 2.73 bits per heavy atom. The first-order valence-electron chi connectivity index (χ1n) is 4.15. The lowest BCUT2D eigenvalue weighted by atomic mass is 9.89. The molecule has 0 spiro atoms. The van der Waals surface area contributed by atoms with Gasteiger partial charge in [-0.2, -0.15) is 0 Å². The highest BCUT2D eigenvalue weighted by Crippen LogP contribution is 2.60. The molecule has 2 aliphatic heterocycles. The van der Waals surface area contributed by atoms with Gasteiger partial charge in [0.1, 0.15) is 0 Å². The second-order valence-corrected chi connectivity index (χ2v) is 3.88. The quantitative estimate of drug-likeness (QED) is 0.598. The van der Waals surface area contributed by atoms with Crippen molar-refractivity contribution in [2.45, 2.75) is 25.0 Å². The maximum Gasteiger partial charge on any atom is 0.309 e. The topological polar surface area (TPSA) is 46.5 Å². The average molecular weight is 154 g/mol. The highest BCUT2D eigenvalue weighted by Gasteiger charge is 2.64. The molecule has 3 nitrogen and oxygen atoms in total. The highest BCUT2D eigenvalue weighted by atomic mass is 16.5. The lowest BCUT2D eigenvalue weighted by Gasteiger charge is -2.12. The fraction of sp³-hybridized carbons (Fsp3) is 0.875. The minimum absolute atomic E-state index is 0.0718. The Hall–Kier alpha value is -0.570. The van der Waals surface area contributed by atoms with Gasteiger partial charge in [0.2, 0.25) is 0 Å². The highest BCUT2D eigenvalue weighted by molar-refractivity contribution is 5.71. The third-order valence-corrected chi connectivity index (χ3v) is 3.32. The minimum atomic E-state index is -0.664. The van der Waals surface area contributed by atoms with E-state index in [-0.39, 0.29) is 12.0 Å².